The van der Waals surface area contributed by atoms with Gasteiger partial charge in [-0.15, -0.1) is 11.8 Å². The van der Waals surface area contributed by atoms with Crippen molar-refractivity contribution < 1.29 is 17.9 Å². The number of carbonyl (C=O) groups excluding carboxylic acids is 1. The van der Waals surface area contributed by atoms with Crippen LogP contribution < -0.4 is 10.2 Å². The van der Waals surface area contributed by atoms with Crippen LogP contribution in [0.3, 0.4) is 0 Å². The highest BCUT2D eigenvalue weighted by molar-refractivity contribution is 7.98. The van der Waals surface area contributed by atoms with Crippen molar-refractivity contribution in [3.05, 3.63) is 53.1 Å². The number of rotatable bonds is 8. The average Bonchev–Trinajstić information content (AvgIpc) is 2.68. The zero-order valence-electron chi connectivity index (χ0n) is 15.5. The number of thioether (sulfide) groups is 1. The monoisotopic (exact) mass is 441 g/mol. The molecule has 0 saturated heterocycles. The third kappa shape index (κ3) is 5.71. The Morgan fingerprint density at radius 2 is 1.96 bits per heavy atom. The molecule has 0 fully saturated rings. The summed E-state index contributed by atoms with van der Waals surface area (Å²) in [6, 6.07) is 11.7. The minimum atomic E-state index is -3.89. The molecule has 2 aromatic carbocycles. The summed E-state index contributed by atoms with van der Waals surface area (Å²) in [5, 5.41) is 4.02. The van der Waals surface area contributed by atoms with E-state index in [0.29, 0.717) is 5.75 Å². The van der Waals surface area contributed by atoms with E-state index < -0.39 is 22.5 Å². The van der Waals surface area contributed by atoms with Crippen molar-refractivity contribution in [2.75, 3.05) is 27.0 Å². The second-order valence-corrected chi connectivity index (χ2v) is 8.96. The zero-order valence-corrected chi connectivity index (χ0v) is 17.9. The number of hydrazone groups is 1. The van der Waals surface area contributed by atoms with Crippen LogP contribution in [0, 0.1) is 0 Å². The molecule has 0 atom stereocenters. The van der Waals surface area contributed by atoms with E-state index in [-0.39, 0.29) is 9.92 Å². The molecule has 2 rings (SSSR count). The summed E-state index contributed by atoms with van der Waals surface area (Å²) in [6.45, 7) is -0.394. The molecule has 0 radical (unpaired) electrons. The van der Waals surface area contributed by atoms with Crippen LogP contribution in [-0.2, 0) is 14.8 Å². The number of benzene rings is 2. The third-order valence-corrected chi connectivity index (χ3v) is 6.55. The number of hydrogen-bond donors (Lipinski definition) is 1. The molecule has 0 aliphatic carbocycles. The molecule has 7 nitrogen and oxygen atoms in total. The number of ether oxygens (including phenoxy) is 1. The lowest BCUT2D eigenvalue weighted by Gasteiger charge is -2.16. The minimum absolute atomic E-state index is 0.0361. The van der Waals surface area contributed by atoms with Gasteiger partial charge in [-0.2, -0.15) is 9.41 Å². The molecule has 2 aromatic rings. The number of likely N-dealkylation sites (N-methyl/N-ethyl adjacent to an activating group) is 1. The lowest BCUT2D eigenvalue weighted by molar-refractivity contribution is -0.121. The first kappa shape index (κ1) is 22.2. The summed E-state index contributed by atoms with van der Waals surface area (Å²) < 4.78 is 31.1. The highest BCUT2D eigenvalue weighted by Gasteiger charge is 2.23. The van der Waals surface area contributed by atoms with Gasteiger partial charge in [0.25, 0.3) is 5.91 Å². The Kier molecular flexibility index (Phi) is 7.88. The molecule has 0 spiro atoms. The maximum Gasteiger partial charge on any atom is 0.255 e. The van der Waals surface area contributed by atoms with Crippen LogP contribution >= 0.6 is 23.4 Å². The van der Waals surface area contributed by atoms with Crippen molar-refractivity contribution in [3.8, 4) is 5.75 Å². The van der Waals surface area contributed by atoms with Crippen molar-refractivity contribution in [1.29, 1.82) is 0 Å². The molecular formula is C18H20ClN3O4S2. The van der Waals surface area contributed by atoms with Gasteiger partial charge in [-0.1, -0.05) is 23.7 Å². The van der Waals surface area contributed by atoms with E-state index in [0.717, 1.165) is 14.8 Å². The standard InChI is InChI=1S/C18H20ClN3O4S2/c1-22(28(24,25)15-8-9-17(26-2)16(19)10-15)12-18(23)21-20-11-13-4-6-14(27-3)7-5-13/h4-11H,12H2,1-3H3,(H,21,23)/b20-11+. The SMILES string of the molecule is COc1ccc(S(=O)(=O)N(C)CC(=O)N/N=C/c2ccc(SC)cc2)cc1Cl. The first-order valence-corrected chi connectivity index (χ1v) is 11.1. The fourth-order valence-electron chi connectivity index (χ4n) is 2.18. The van der Waals surface area contributed by atoms with Gasteiger partial charge in [0, 0.05) is 11.9 Å². The van der Waals surface area contributed by atoms with Gasteiger partial charge in [0.05, 0.1) is 29.8 Å². The van der Waals surface area contributed by atoms with E-state index >= 15 is 0 Å². The molecule has 0 bridgehead atoms. The largest absolute Gasteiger partial charge is 0.495 e. The summed E-state index contributed by atoms with van der Waals surface area (Å²) in [6.07, 6.45) is 3.47. The minimum Gasteiger partial charge on any atom is -0.495 e. The molecular weight excluding hydrogens is 422 g/mol. The molecule has 1 N–H and O–H groups in total. The fraction of sp³-hybridized carbons (Fsp3) is 0.222. The second kappa shape index (κ2) is 9.92. The van der Waals surface area contributed by atoms with E-state index in [1.54, 1.807) is 11.8 Å². The molecule has 0 aromatic heterocycles. The number of nitrogens with zero attached hydrogens (tertiary/aromatic N) is 2. The smallest absolute Gasteiger partial charge is 0.255 e. The lowest BCUT2D eigenvalue weighted by atomic mass is 10.2. The summed E-state index contributed by atoms with van der Waals surface area (Å²) in [7, 11) is -1.15. The van der Waals surface area contributed by atoms with Crippen LogP contribution in [0.15, 0.2) is 57.4 Å². The van der Waals surface area contributed by atoms with Crippen molar-refractivity contribution in [2.45, 2.75) is 9.79 Å². The van der Waals surface area contributed by atoms with E-state index in [9.17, 15) is 13.2 Å². The van der Waals surface area contributed by atoms with Crippen molar-refractivity contribution in [3.63, 3.8) is 0 Å². The number of nitrogens with one attached hydrogen (secondary N) is 1. The summed E-state index contributed by atoms with van der Waals surface area (Å²) in [5.74, 6) is -0.205. The Morgan fingerprint density at radius 3 is 2.54 bits per heavy atom. The molecule has 1 amide bonds. The van der Waals surface area contributed by atoms with Gasteiger partial charge < -0.3 is 4.74 Å². The van der Waals surface area contributed by atoms with Gasteiger partial charge >= 0.3 is 0 Å². The van der Waals surface area contributed by atoms with Crippen molar-refractivity contribution >= 4 is 45.5 Å². The molecule has 10 heteroatoms. The predicted molar refractivity (Wildman–Crippen MR) is 112 cm³/mol. The first-order valence-electron chi connectivity index (χ1n) is 8.03. The van der Waals surface area contributed by atoms with Gasteiger partial charge in [0.2, 0.25) is 10.0 Å². The number of halogens is 1. The Balaban J connectivity index is 1.98. The van der Waals surface area contributed by atoms with Crippen LogP contribution in [0.1, 0.15) is 5.56 Å². The van der Waals surface area contributed by atoms with E-state index in [1.807, 2.05) is 30.5 Å². The second-order valence-electron chi connectivity index (χ2n) is 5.62. The summed E-state index contributed by atoms with van der Waals surface area (Å²) >= 11 is 7.61. The number of carbonyl (C=O) groups is 1. The van der Waals surface area contributed by atoms with Crippen LogP contribution in [0.4, 0.5) is 0 Å². The van der Waals surface area contributed by atoms with Gasteiger partial charge in [-0.25, -0.2) is 13.8 Å². The topological polar surface area (TPSA) is 88.1 Å². The number of sulfonamides is 1. The maximum atomic E-state index is 12.6. The number of amides is 1. The van der Waals surface area contributed by atoms with Gasteiger partial charge in [-0.3, -0.25) is 4.79 Å². The van der Waals surface area contributed by atoms with E-state index in [4.69, 9.17) is 16.3 Å². The molecule has 28 heavy (non-hydrogen) atoms. The number of methoxy groups -OCH3 is 1. The fourth-order valence-corrected chi connectivity index (χ4v) is 4.06. The Morgan fingerprint density at radius 1 is 1.29 bits per heavy atom. The molecule has 0 aliphatic rings. The van der Waals surface area contributed by atoms with Gasteiger partial charge in [0.15, 0.2) is 0 Å². The Bertz CT molecular complexity index is 963. The van der Waals surface area contributed by atoms with Crippen LogP contribution in [0.25, 0.3) is 0 Å². The normalized spacial score (nSPS) is 11.8. The highest BCUT2D eigenvalue weighted by atomic mass is 35.5. The van der Waals surface area contributed by atoms with Gasteiger partial charge in [0.1, 0.15) is 5.75 Å². The predicted octanol–water partition coefficient (Wildman–Crippen LogP) is 2.84. The molecule has 0 aliphatic heterocycles. The van der Waals surface area contributed by atoms with Crippen molar-refractivity contribution in [2.24, 2.45) is 5.10 Å². The average molecular weight is 442 g/mol. The van der Waals surface area contributed by atoms with Crippen LogP contribution in [0.2, 0.25) is 5.02 Å². The Hall–Kier alpha value is -2.07. The first-order chi connectivity index (χ1) is 13.3. The van der Waals surface area contributed by atoms with E-state index in [2.05, 4.69) is 10.5 Å². The third-order valence-electron chi connectivity index (χ3n) is 3.72. The van der Waals surface area contributed by atoms with Crippen LogP contribution in [0.5, 0.6) is 5.75 Å². The molecule has 0 unspecified atom stereocenters. The molecule has 0 saturated carbocycles. The zero-order chi connectivity index (χ0) is 20.7. The van der Waals surface area contributed by atoms with E-state index in [1.165, 1.54) is 38.6 Å². The Labute approximate surface area is 173 Å². The maximum absolute atomic E-state index is 12.6. The van der Waals surface area contributed by atoms with Crippen LogP contribution in [-0.4, -0.2) is 51.8 Å². The summed E-state index contributed by atoms with van der Waals surface area (Å²) in [4.78, 5) is 13.1. The lowest BCUT2D eigenvalue weighted by Crippen LogP contribution is -2.36. The van der Waals surface area contributed by atoms with Gasteiger partial charge in [-0.05, 0) is 42.2 Å². The summed E-state index contributed by atoms with van der Waals surface area (Å²) in [5.41, 5.74) is 3.13. The quantitative estimate of drug-likeness (QED) is 0.386. The van der Waals surface area contributed by atoms with Crippen molar-refractivity contribution in [1.82, 2.24) is 9.73 Å². The number of hydrogen-bond acceptors (Lipinski definition) is 6. The molecule has 150 valence electrons. The molecule has 0 heterocycles. The highest BCUT2D eigenvalue weighted by Crippen LogP contribution is 2.28.